The SMILES string of the molecule is CCCCOCCCNC(=O)C(=O)Nc1cccnc1. The molecule has 6 heteroatoms. The maximum Gasteiger partial charge on any atom is 0.313 e. The molecule has 0 spiro atoms. The molecular weight excluding hydrogens is 258 g/mol. The van der Waals surface area contributed by atoms with Crippen LogP contribution in [0.4, 0.5) is 5.69 Å². The molecule has 0 aliphatic carbocycles. The summed E-state index contributed by atoms with van der Waals surface area (Å²) in [5.74, 6) is -1.34. The number of anilines is 1. The van der Waals surface area contributed by atoms with E-state index in [0.29, 0.717) is 25.3 Å². The summed E-state index contributed by atoms with van der Waals surface area (Å²) in [5, 5.41) is 5.01. The van der Waals surface area contributed by atoms with Gasteiger partial charge in [-0.1, -0.05) is 13.3 Å². The average molecular weight is 279 g/mol. The summed E-state index contributed by atoms with van der Waals surface area (Å²) >= 11 is 0. The first-order valence-electron chi connectivity index (χ1n) is 6.81. The fourth-order valence-corrected chi connectivity index (χ4v) is 1.43. The minimum absolute atomic E-state index is 0.422. The van der Waals surface area contributed by atoms with Gasteiger partial charge in [0.05, 0.1) is 11.9 Å². The van der Waals surface area contributed by atoms with E-state index in [0.717, 1.165) is 19.4 Å². The molecule has 1 aromatic rings. The van der Waals surface area contributed by atoms with E-state index < -0.39 is 11.8 Å². The van der Waals surface area contributed by atoms with Crippen molar-refractivity contribution < 1.29 is 14.3 Å². The van der Waals surface area contributed by atoms with Gasteiger partial charge in [0, 0.05) is 26.0 Å². The molecule has 0 aromatic carbocycles. The van der Waals surface area contributed by atoms with Gasteiger partial charge >= 0.3 is 11.8 Å². The zero-order valence-corrected chi connectivity index (χ0v) is 11.7. The lowest BCUT2D eigenvalue weighted by Gasteiger charge is -2.06. The first-order chi connectivity index (χ1) is 9.74. The van der Waals surface area contributed by atoms with Crippen LogP contribution in [-0.2, 0) is 14.3 Å². The zero-order valence-electron chi connectivity index (χ0n) is 11.7. The summed E-state index contributed by atoms with van der Waals surface area (Å²) in [5.41, 5.74) is 0.496. The van der Waals surface area contributed by atoms with Crippen LogP contribution >= 0.6 is 0 Å². The van der Waals surface area contributed by atoms with Gasteiger partial charge in [-0.15, -0.1) is 0 Å². The second-order valence-corrected chi connectivity index (χ2v) is 4.27. The fourth-order valence-electron chi connectivity index (χ4n) is 1.43. The predicted molar refractivity (Wildman–Crippen MR) is 76.2 cm³/mol. The van der Waals surface area contributed by atoms with Gasteiger partial charge in [-0.25, -0.2) is 0 Å². The summed E-state index contributed by atoms with van der Waals surface area (Å²) in [6.45, 7) is 3.85. The van der Waals surface area contributed by atoms with E-state index in [-0.39, 0.29) is 0 Å². The Morgan fingerprint density at radius 2 is 2.05 bits per heavy atom. The van der Waals surface area contributed by atoms with Crippen LogP contribution in [0, 0.1) is 0 Å². The minimum atomic E-state index is -0.690. The Hall–Kier alpha value is -1.95. The van der Waals surface area contributed by atoms with Gasteiger partial charge in [0.15, 0.2) is 0 Å². The molecule has 0 unspecified atom stereocenters. The van der Waals surface area contributed by atoms with E-state index in [2.05, 4.69) is 22.5 Å². The molecule has 0 radical (unpaired) electrons. The van der Waals surface area contributed by atoms with Crippen molar-refractivity contribution >= 4 is 17.5 Å². The van der Waals surface area contributed by atoms with Gasteiger partial charge in [-0.3, -0.25) is 14.6 Å². The lowest BCUT2D eigenvalue weighted by molar-refractivity contribution is -0.136. The Morgan fingerprint density at radius 1 is 1.25 bits per heavy atom. The highest BCUT2D eigenvalue weighted by Crippen LogP contribution is 2.01. The zero-order chi connectivity index (χ0) is 14.6. The van der Waals surface area contributed by atoms with Gasteiger partial charge in [0.25, 0.3) is 0 Å². The number of pyridine rings is 1. The number of hydrogen-bond acceptors (Lipinski definition) is 4. The van der Waals surface area contributed by atoms with Crippen LogP contribution in [0.1, 0.15) is 26.2 Å². The third-order valence-electron chi connectivity index (χ3n) is 2.52. The number of rotatable bonds is 8. The van der Waals surface area contributed by atoms with Crippen LogP contribution in [0.2, 0.25) is 0 Å². The molecule has 0 fully saturated rings. The number of amides is 2. The fraction of sp³-hybridized carbons (Fsp3) is 0.500. The summed E-state index contributed by atoms with van der Waals surface area (Å²) in [6.07, 6.45) is 5.90. The number of hydrogen-bond donors (Lipinski definition) is 2. The summed E-state index contributed by atoms with van der Waals surface area (Å²) in [6, 6.07) is 3.35. The van der Waals surface area contributed by atoms with Crippen molar-refractivity contribution in [2.75, 3.05) is 25.1 Å². The second kappa shape index (κ2) is 9.91. The number of nitrogens with one attached hydrogen (secondary N) is 2. The quantitative estimate of drug-likeness (QED) is 0.556. The molecule has 2 N–H and O–H groups in total. The molecule has 110 valence electrons. The van der Waals surface area contributed by atoms with E-state index in [4.69, 9.17) is 4.74 Å². The Bertz CT molecular complexity index is 409. The monoisotopic (exact) mass is 279 g/mol. The van der Waals surface area contributed by atoms with E-state index in [1.807, 2.05) is 0 Å². The van der Waals surface area contributed by atoms with Crippen LogP contribution in [-0.4, -0.2) is 36.6 Å². The van der Waals surface area contributed by atoms with Crippen molar-refractivity contribution in [3.8, 4) is 0 Å². The molecule has 1 aromatic heterocycles. The highest BCUT2D eigenvalue weighted by Gasteiger charge is 2.12. The van der Waals surface area contributed by atoms with Crippen molar-refractivity contribution in [2.45, 2.75) is 26.2 Å². The Balaban J connectivity index is 2.11. The summed E-state index contributed by atoms with van der Waals surface area (Å²) in [7, 11) is 0. The molecule has 0 bridgehead atoms. The molecule has 2 amide bonds. The predicted octanol–water partition coefficient (Wildman–Crippen LogP) is 1.34. The lowest BCUT2D eigenvalue weighted by Crippen LogP contribution is -2.36. The highest BCUT2D eigenvalue weighted by atomic mass is 16.5. The first-order valence-corrected chi connectivity index (χ1v) is 6.81. The van der Waals surface area contributed by atoms with Crippen LogP contribution in [0.15, 0.2) is 24.5 Å². The van der Waals surface area contributed by atoms with Crippen LogP contribution < -0.4 is 10.6 Å². The molecule has 1 heterocycles. The first kappa shape index (κ1) is 16.1. The van der Waals surface area contributed by atoms with Crippen molar-refractivity contribution in [2.24, 2.45) is 0 Å². The van der Waals surface area contributed by atoms with Crippen LogP contribution in [0.25, 0.3) is 0 Å². The van der Waals surface area contributed by atoms with Crippen molar-refractivity contribution in [1.29, 1.82) is 0 Å². The molecule has 0 saturated carbocycles. The minimum Gasteiger partial charge on any atom is -0.381 e. The number of unbranched alkanes of at least 4 members (excludes halogenated alkanes) is 1. The van der Waals surface area contributed by atoms with Crippen LogP contribution in [0.5, 0.6) is 0 Å². The molecule has 0 aliphatic heterocycles. The van der Waals surface area contributed by atoms with E-state index >= 15 is 0 Å². The van der Waals surface area contributed by atoms with Gasteiger partial charge in [0.1, 0.15) is 0 Å². The molecule has 0 atom stereocenters. The van der Waals surface area contributed by atoms with Gasteiger partial charge < -0.3 is 15.4 Å². The third kappa shape index (κ3) is 6.84. The smallest absolute Gasteiger partial charge is 0.313 e. The molecular formula is C14H21N3O3. The number of carbonyl (C=O) groups excluding carboxylic acids is 2. The van der Waals surface area contributed by atoms with Gasteiger partial charge in [-0.2, -0.15) is 0 Å². The maximum atomic E-state index is 11.5. The Kier molecular flexibility index (Phi) is 7.98. The Labute approximate surface area is 118 Å². The molecule has 0 aliphatic rings. The van der Waals surface area contributed by atoms with Gasteiger partial charge in [-0.05, 0) is 25.0 Å². The molecule has 1 rings (SSSR count). The topological polar surface area (TPSA) is 80.3 Å². The summed E-state index contributed by atoms with van der Waals surface area (Å²) in [4.78, 5) is 26.9. The maximum absolute atomic E-state index is 11.5. The van der Waals surface area contributed by atoms with Crippen molar-refractivity contribution in [1.82, 2.24) is 10.3 Å². The normalized spacial score (nSPS) is 10.1. The van der Waals surface area contributed by atoms with E-state index in [1.54, 1.807) is 18.3 Å². The average Bonchev–Trinajstić information content (AvgIpc) is 2.47. The third-order valence-corrected chi connectivity index (χ3v) is 2.52. The Morgan fingerprint density at radius 3 is 2.75 bits per heavy atom. The molecule has 20 heavy (non-hydrogen) atoms. The standard InChI is InChI=1S/C14H21N3O3/c1-2-3-9-20-10-5-8-16-13(18)14(19)17-12-6-4-7-15-11-12/h4,6-7,11H,2-3,5,8-10H2,1H3,(H,16,18)(H,17,19). The van der Waals surface area contributed by atoms with Gasteiger partial charge in [0.2, 0.25) is 0 Å². The second-order valence-electron chi connectivity index (χ2n) is 4.27. The number of nitrogens with zero attached hydrogens (tertiary/aromatic N) is 1. The summed E-state index contributed by atoms with van der Waals surface area (Å²) < 4.78 is 5.35. The lowest BCUT2D eigenvalue weighted by atomic mass is 10.3. The number of carbonyl (C=O) groups is 2. The van der Waals surface area contributed by atoms with E-state index in [9.17, 15) is 9.59 Å². The number of ether oxygens (including phenoxy) is 1. The number of aromatic nitrogens is 1. The van der Waals surface area contributed by atoms with Crippen molar-refractivity contribution in [3.63, 3.8) is 0 Å². The van der Waals surface area contributed by atoms with Crippen LogP contribution in [0.3, 0.4) is 0 Å². The van der Waals surface area contributed by atoms with E-state index in [1.165, 1.54) is 6.20 Å². The molecule has 0 saturated heterocycles. The van der Waals surface area contributed by atoms with Crippen molar-refractivity contribution in [3.05, 3.63) is 24.5 Å². The highest BCUT2D eigenvalue weighted by molar-refractivity contribution is 6.39. The molecule has 6 nitrogen and oxygen atoms in total. The largest absolute Gasteiger partial charge is 0.381 e.